The van der Waals surface area contributed by atoms with Crippen LogP contribution in [0.3, 0.4) is 0 Å². The summed E-state index contributed by atoms with van der Waals surface area (Å²) in [6.07, 6.45) is 2.41. The standard InChI is InChI=1S/C18H20ClN3O5S/c1-26-16-7-5-4-6-13(16)11-20-21-18(23)12-22(28(3,24)25)14-8-9-17(27-2)15(19)10-14/h4-11H,12H2,1-3H3,(H,21,23)/b20-11-. The summed E-state index contributed by atoms with van der Waals surface area (Å²) in [5, 5.41) is 4.08. The molecule has 8 nitrogen and oxygen atoms in total. The highest BCUT2D eigenvalue weighted by molar-refractivity contribution is 7.92. The number of hydrogen-bond acceptors (Lipinski definition) is 6. The van der Waals surface area contributed by atoms with Crippen LogP contribution < -0.4 is 19.2 Å². The summed E-state index contributed by atoms with van der Waals surface area (Å²) >= 11 is 6.06. The zero-order valence-electron chi connectivity index (χ0n) is 15.5. The number of sulfonamides is 1. The summed E-state index contributed by atoms with van der Waals surface area (Å²) < 4.78 is 35.4. The van der Waals surface area contributed by atoms with Crippen molar-refractivity contribution in [2.24, 2.45) is 5.10 Å². The van der Waals surface area contributed by atoms with Gasteiger partial charge in [-0.15, -0.1) is 0 Å². The first-order valence-corrected chi connectivity index (χ1v) is 10.2. The number of benzene rings is 2. The molecule has 0 atom stereocenters. The molecule has 0 aliphatic heterocycles. The van der Waals surface area contributed by atoms with Crippen LogP contribution in [0.1, 0.15) is 5.56 Å². The van der Waals surface area contributed by atoms with Crippen LogP contribution in [0.5, 0.6) is 11.5 Å². The van der Waals surface area contributed by atoms with Gasteiger partial charge in [-0.05, 0) is 30.3 Å². The molecule has 2 aromatic rings. The van der Waals surface area contributed by atoms with Gasteiger partial charge in [0, 0.05) is 5.56 Å². The number of carbonyl (C=O) groups excluding carboxylic acids is 1. The summed E-state index contributed by atoms with van der Waals surface area (Å²) in [6.45, 7) is -0.468. The number of halogens is 1. The molecular formula is C18H20ClN3O5S. The molecule has 0 bridgehead atoms. The summed E-state index contributed by atoms with van der Waals surface area (Å²) in [4.78, 5) is 12.2. The highest BCUT2D eigenvalue weighted by Gasteiger charge is 2.21. The minimum Gasteiger partial charge on any atom is -0.496 e. The topological polar surface area (TPSA) is 97.3 Å². The predicted octanol–water partition coefficient (Wildman–Crippen LogP) is 2.27. The van der Waals surface area contributed by atoms with E-state index in [0.717, 1.165) is 10.6 Å². The predicted molar refractivity (Wildman–Crippen MR) is 109 cm³/mol. The molecule has 0 fully saturated rings. The van der Waals surface area contributed by atoms with Gasteiger partial charge in [0.15, 0.2) is 0 Å². The normalized spacial score (nSPS) is 11.3. The van der Waals surface area contributed by atoms with Crippen molar-refractivity contribution >= 4 is 39.4 Å². The van der Waals surface area contributed by atoms with Gasteiger partial charge in [-0.25, -0.2) is 13.8 Å². The molecule has 0 aromatic heterocycles. The SMILES string of the molecule is COc1ccc(N(CC(=O)N/N=C\c2ccccc2OC)S(C)(=O)=O)cc1Cl. The molecule has 0 saturated heterocycles. The lowest BCUT2D eigenvalue weighted by Gasteiger charge is -2.22. The van der Waals surface area contributed by atoms with Crippen LogP contribution in [0, 0.1) is 0 Å². The third-order valence-electron chi connectivity index (χ3n) is 3.64. The number of para-hydroxylation sites is 1. The quantitative estimate of drug-likeness (QED) is 0.517. The molecule has 1 amide bonds. The van der Waals surface area contributed by atoms with Crippen molar-refractivity contribution < 1.29 is 22.7 Å². The van der Waals surface area contributed by atoms with E-state index in [1.54, 1.807) is 24.3 Å². The molecule has 0 unspecified atom stereocenters. The highest BCUT2D eigenvalue weighted by atomic mass is 35.5. The number of nitrogens with one attached hydrogen (secondary N) is 1. The number of ether oxygens (including phenoxy) is 2. The molecule has 0 saturated carbocycles. The van der Waals surface area contributed by atoms with Crippen molar-refractivity contribution in [3.05, 3.63) is 53.1 Å². The van der Waals surface area contributed by atoms with Crippen LogP contribution in [-0.4, -0.2) is 47.6 Å². The Labute approximate surface area is 168 Å². The Morgan fingerprint density at radius 1 is 1.18 bits per heavy atom. The van der Waals surface area contributed by atoms with Crippen LogP contribution in [-0.2, 0) is 14.8 Å². The van der Waals surface area contributed by atoms with E-state index in [0.29, 0.717) is 17.1 Å². The summed E-state index contributed by atoms with van der Waals surface area (Å²) in [5.74, 6) is 0.361. The Balaban J connectivity index is 2.14. The van der Waals surface area contributed by atoms with E-state index in [4.69, 9.17) is 21.1 Å². The zero-order chi connectivity index (χ0) is 20.7. The van der Waals surface area contributed by atoms with Crippen LogP contribution in [0.2, 0.25) is 5.02 Å². The second-order valence-corrected chi connectivity index (χ2v) is 7.94. The third-order valence-corrected chi connectivity index (χ3v) is 5.08. The van der Waals surface area contributed by atoms with E-state index in [-0.39, 0.29) is 10.7 Å². The van der Waals surface area contributed by atoms with Crippen LogP contribution >= 0.6 is 11.6 Å². The Morgan fingerprint density at radius 3 is 2.46 bits per heavy atom. The van der Waals surface area contributed by atoms with Gasteiger partial charge in [0.25, 0.3) is 5.91 Å². The third kappa shape index (κ3) is 5.61. The molecule has 0 radical (unpaired) electrons. The molecule has 0 heterocycles. The van der Waals surface area contributed by atoms with Crippen molar-refractivity contribution in [2.45, 2.75) is 0 Å². The van der Waals surface area contributed by atoms with E-state index >= 15 is 0 Å². The van der Waals surface area contributed by atoms with Crippen LogP contribution in [0.15, 0.2) is 47.6 Å². The fourth-order valence-electron chi connectivity index (χ4n) is 2.32. The average Bonchev–Trinajstić information content (AvgIpc) is 2.65. The number of carbonyl (C=O) groups is 1. The van der Waals surface area contributed by atoms with Gasteiger partial charge >= 0.3 is 0 Å². The smallest absolute Gasteiger partial charge is 0.260 e. The molecule has 0 aliphatic carbocycles. The number of methoxy groups -OCH3 is 2. The maximum Gasteiger partial charge on any atom is 0.260 e. The van der Waals surface area contributed by atoms with Crippen molar-refractivity contribution in [3.8, 4) is 11.5 Å². The van der Waals surface area contributed by atoms with Crippen molar-refractivity contribution in [1.29, 1.82) is 0 Å². The molecule has 2 rings (SSSR count). The molecular weight excluding hydrogens is 406 g/mol. The Bertz CT molecular complexity index is 979. The largest absolute Gasteiger partial charge is 0.496 e. The first-order valence-electron chi connectivity index (χ1n) is 8.02. The molecule has 0 spiro atoms. The second-order valence-electron chi connectivity index (χ2n) is 5.62. The average molecular weight is 426 g/mol. The second kappa shape index (κ2) is 9.43. The number of amides is 1. The molecule has 0 aliphatic rings. The van der Waals surface area contributed by atoms with Crippen LogP contribution in [0.4, 0.5) is 5.69 Å². The number of rotatable bonds is 8. The van der Waals surface area contributed by atoms with E-state index in [1.807, 2.05) is 0 Å². The first-order chi connectivity index (χ1) is 13.3. The van der Waals surface area contributed by atoms with Gasteiger partial charge < -0.3 is 9.47 Å². The van der Waals surface area contributed by atoms with E-state index in [9.17, 15) is 13.2 Å². The number of nitrogens with zero attached hydrogens (tertiary/aromatic N) is 2. The first kappa shape index (κ1) is 21.5. The van der Waals surface area contributed by atoms with Gasteiger partial charge in [-0.2, -0.15) is 5.10 Å². The molecule has 10 heteroatoms. The number of hydrogen-bond donors (Lipinski definition) is 1. The minimum atomic E-state index is -3.74. The van der Waals surface area contributed by atoms with Gasteiger partial charge in [0.1, 0.15) is 18.0 Å². The molecule has 2 aromatic carbocycles. The zero-order valence-corrected chi connectivity index (χ0v) is 17.1. The van der Waals surface area contributed by atoms with Gasteiger partial charge in [-0.3, -0.25) is 9.10 Å². The Hall–Kier alpha value is -2.78. The Morgan fingerprint density at radius 2 is 1.86 bits per heavy atom. The lowest BCUT2D eigenvalue weighted by Crippen LogP contribution is -2.39. The number of hydrazone groups is 1. The van der Waals surface area contributed by atoms with E-state index < -0.39 is 22.5 Å². The maximum atomic E-state index is 12.2. The van der Waals surface area contributed by atoms with Crippen molar-refractivity contribution in [2.75, 3.05) is 31.3 Å². The summed E-state index contributed by atoms with van der Waals surface area (Å²) in [5.41, 5.74) is 3.20. The highest BCUT2D eigenvalue weighted by Crippen LogP contribution is 2.30. The monoisotopic (exact) mass is 425 g/mol. The van der Waals surface area contributed by atoms with Crippen molar-refractivity contribution in [1.82, 2.24) is 5.43 Å². The van der Waals surface area contributed by atoms with E-state index in [2.05, 4.69) is 10.5 Å². The van der Waals surface area contributed by atoms with Gasteiger partial charge in [0.2, 0.25) is 10.0 Å². The number of anilines is 1. The van der Waals surface area contributed by atoms with Crippen molar-refractivity contribution in [3.63, 3.8) is 0 Å². The van der Waals surface area contributed by atoms with Gasteiger partial charge in [0.05, 0.1) is 37.4 Å². The van der Waals surface area contributed by atoms with Gasteiger partial charge in [-0.1, -0.05) is 23.7 Å². The van der Waals surface area contributed by atoms with Crippen LogP contribution in [0.25, 0.3) is 0 Å². The Kier molecular flexibility index (Phi) is 7.24. The lowest BCUT2D eigenvalue weighted by molar-refractivity contribution is -0.119. The lowest BCUT2D eigenvalue weighted by atomic mass is 10.2. The fraction of sp³-hybridized carbons (Fsp3) is 0.222. The fourth-order valence-corrected chi connectivity index (χ4v) is 3.42. The summed E-state index contributed by atoms with van der Waals surface area (Å²) in [6, 6.07) is 11.5. The molecule has 150 valence electrons. The molecule has 28 heavy (non-hydrogen) atoms. The summed E-state index contributed by atoms with van der Waals surface area (Å²) in [7, 11) is -0.766. The van der Waals surface area contributed by atoms with E-state index in [1.165, 1.54) is 38.6 Å². The maximum absolute atomic E-state index is 12.2. The molecule has 1 N–H and O–H groups in total. The minimum absolute atomic E-state index is 0.225.